The molecule has 2 aliphatic rings. The largest absolute Gasteiger partial charge is 0.415 e. The van der Waals surface area contributed by atoms with E-state index in [1.54, 1.807) is 4.90 Å². The summed E-state index contributed by atoms with van der Waals surface area (Å²) in [5.41, 5.74) is 4.93. The molecule has 1 amide bonds. The van der Waals surface area contributed by atoms with Crippen LogP contribution in [0.25, 0.3) is 5.57 Å². The molecule has 33 heavy (non-hydrogen) atoms. The Morgan fingerprint density at radius 3 is 2.06 bits per heavy atom. The number of carbonyl (C=O) groups is 2. The summed E-state index contributed by atoms with van der Waals surface area (Å²) >= 11 is 0. The molecule has 0 radical (unpaired) electrons. The number of hydrogen-bond donors (Lipinski definition) is 0. The van der Waals surface area contributed by atoms with E-state index in [1.165, 1.54) is 5.56 Å². The highest BCUT2D eigenvalue weighted by molar-refractivity contribution is 6.23. The summed E-state index contributed by atoms with van der Waals surface area (Å²) in [6.45, 7) is 15.6. The van der Waals surface area contributed by atoms with Gasteiger partial charge in [-0.05, 0) is 82.4 Å². The Morgan fingerprint density at radius 2 is 1.58 bits per heavy atom. The van der Waals surface area contributed by atoms with E-state index >= 15 is 0 Å². The van der Waals surface area contributed by atoms with Crippen molar-refractivity contribution < 1.29 is 19.1 Å². The number of amides is 1. The van der Waals surface area contributed by atoms with Gasteiger partial charge in [-0.15, -0.1) is 0 Å². The maximum Gasteiger partial charge on any atom is 0.415 e. The third-order valence-electron chi connectivity index (χ3n) is 7.17. The van der Waals surface area contributed by atoms with Gasteiger partial charge < -0.3 is 14.4 Å². The van der Waals surface area contributed by atoms with Gasteiger partial charge in [-0.3, -0.25) is 4.79 Å². The van der Waals surface area contributed by atoms with Crippen molar-refractivity contribution in [3.63, 3.8) is 0 Å². The SMILES string of the molecule is CCc1cc(C)cc(CC)c1C1=C(OC(=O)N(C(C)C)C(C)C)CC2(CCOCC2)CC1=O. The molecule has 1 aromatic rings. The van der Waals surface area contributed by atoms with E-state index in [0.29, 0.717) is 37.4 Å². The second-order valence-corrected chi connectivity index (χ2v) is 10.3. The average molecular weight is 456 g/mol. The second kappa shape index (κ2) is 10.4. The number of nitrogens with zero attached hydrogens (tertiary/aromatic N) is 1. The van der Waals surface area contributed by atoms with E-state index in [4.69, 9.17) is 9.47 Å². The molecule has 1 fully saturated rings. The number of benzene rings is 1. The summed E-state index contributed by atoms with van der Waals surface area (Å²) in [5, 5.41) is 0. The number of ketones is 1. The van der Waals surface area contributed by atoms with Crippen LogP contribution in [0.3, 0.4) is 0 Å². The van der Waals surface area contributed by atoms with E-state index in [9.17, 15) is 9.59 Å². The van der Waals surface area contributed by atoms with E-state index in [1.807, 2.05) is 27.7 Å². The lowest BCUT2D eigenvalue weighted by molar-refractivity contribution is -0.119. The van der Waals surface area contributed by atoms with Gasteiger partial charge >= 0.3 is 6.09 Å². The Balaban J connectivity index is 2.17. The van der Waals surface area contributed by atoms with Crippen LogP contribution in [0.2, 0.25) is 0 Å². The van der Waals surface area contributed by atoms with Crippen molar-refractivity contribution in [2.45, 2.75) is 99.1 Å². The van der Waals surface area contributed by atoms with E-state index in [2.05, 4.69) is 32.9 Å². The van der Waals surface area contributed by atoms with Gasteiger partial charge in [-0.1, -0.05) is 31.5 Å². The van der Waals surface area contributed by atoms with Gasteiger partial charge in [-0.25, -0.2) is 4.79 Å². The van der Waals surface area contributed by atoms with Crippen molar-refractivity contribution in [3.05, 3.63) is 40.1 Å². The normalized spacial score (nSPS) is 18.4. The van der Waals surface area contributed by atoms with Gasteiger partial charge in [0.05, 0.1) is 5.57 Å². The first kappa shape index (κ1) is 25.5. The molecule has 1 aliphatic heterocycles. The molecule has 1 spiro atoms. The van der Waals surface area contributed by atoms with Gasteiger partial charge in [0.15, 0.2) is 5.78 Å². The number of hydrogen-bond acceptors (Lipinski definition) is 4. The summed E-state index contributed by atoms with van der Waals surface area (Å²) in [5.74, 6) is 0.651. The van der Waals surface area contributed by atoms with Gasteiger partial charge in [0.25, 0.3) is 0 Å². The zero-order valence-corrected chi connectivity index (χ0v) is 21.5. The van der Waals surface area contributed by atoms with Crippen molar-refractivity contribution in [2.24, 2.45) is 5.41 Å². The summed E-state index contributed by atoms with van der Waals surface area (Å²) in [4.78, 5) is 28.9. The van der Waals surface area contributed by atoms with Crippen LogP contribution in [-0.4, -0.2) is 42.1 Å². The van der Waals surface area contributed by atoms with Crippen LogP contribution in [0.1, 0.15) is 89.5 Å². The van der Waals surface area contributed by atoms with Crippen LogP contribution in [-0.2, 0) is 27.1 Å². The minimum atomic E-state index is -0.368. The standard InChI is InChI=1S/C28H41NO4/c1-8-21-14-20(7)15-22(9-2)25(21)26-23(30)16-28(10-12-32-13-11-28)17-24(26)33-27(31)29(18(3)4)19(5)6/h14-15,18-19H,8-13,16-17H2,1-7H3. The first-order chi connectivity index (χ1) is 15.6. The fourth-order valence-corrected chi connectivity index (χ4v) is 5.60. The molecular formula is C28H41NO4. The Hall–Kier alpha value is -2.14. The molecular weight excluding hydrogens is 414 g/mol. The lowest BCUT2D eigenvalue weighted by Crippen LogP contribution is -2.43. The number of rotatable bonds is 6. The zero-order chi connectivity index (χ0) is 24.3. The van der Waals surface area contributed by atoms with E-state index in [0.717, 1.165) is 42.4 Å². The molecule has 1 aliphatic carbocycles. The number of aryl methyl sites for hydroxylation is 3. The summed E-state index contributed by atoms with van der Waals surface area (Å²) < 4.78 is 11.8. The number of carbonyl (C=O) groups excluding carboxylic acids is 2. The minimum absolute atomic E-state index is 0.00895. The average Bonchev–Trinajstić information content (AvgIpc) is 2.73. The Morgan fingerprint density at radius 1 is 1.03 bits per heavy atom. The van der Waals surface area contributed by atoms with Gasteiger partial charge in [0.1, 0.15) is 5.76 Å². The van der Waals surface area contributed by atoms with Crippen LogP contribution in [0.5, 0.6) is 0 Å². The van der Waals surface area contributed by atoms with Crippen molar-refractivity contribution in [3.8, 4) is 0 Å². The highest BCUT2D eigenvalue weighted by Gasteiger charge is 2.44. The van der Waals surface area contributed by atoms with Crippen LogP contribution < -0.4 is 0 Å². The molecule has 5 nitrogen and oxygen atoms in total. The van der Waals surface area contributed by atoms with Crippen molar-refractivity contribution in [2.75, 3.05) is 13.2 Å². The highest BCUT2D eigenvalue weighted by atomic mass is 16.6. The molecule has 1 aromatic carbocycles. The maximum atomic E-state index is 13.8. The Kier molecular flexibility index (Phi) is 8.04. The van der Waals surface area contributed by atoms with Gasteiger partial charge in [0.2, 0.25) is 0 Å². The number of Topliss-reactive ketones (excluding diaryl/α,β-unsaturated/α-hetero) is 1. The molecule has 182 valence electrons. The molecule has 0 N–H and O–H groups in total. The van der Waals surface area contributed by atoms with Gasteiger partial charge in [0, 0.05) is 38.1 Å². The first-order valence-electron chi connectivity index (χ1n) is 12.6. The summed E-state index contributed by atoms with van der Waals surface area (Å²) in [6, 6.07) is 4.35. The lowest BCUT2D eigenvalue weighted by Gasteiger charge is -2.41. The molecule has 0 saturated carbocycles. The second-order valence-electron chi connectivity index (χ2n) is 10.3. The number of allylic oxidation sites excluding steroid dienone is 2. The zero-order valence-electron chi connectivity index (χ0n) is 21.5. The summed E-state index contributed by atoms with van der Waals surface area (Å²) in [6.07, 6.45) is 4.02. The molecule has 1 saturated heterocycles. The molecule has 0 aromatic heterocycles. The van der Waals surface area contributed by atoms with Crippen LogP contribution >= 0.6 is 0 Å². The Labute approximate surface area is 199 Å². The third kappa shape index (κ3) is 5.34. The quantitative estimate of drug-likeness (QED) is 0.509. The fraction of sp³-hybridized carbons (Fsp3) is 0.643. The van der Waals surface area contributed by atoms with Gasteiger partial charge in [-0.2, -0.15) is 0 Å². The van der Waals surface area contributed by atoms with Crippen LogP contribution in [0.15, 0.2) is 17.9 Å². The maximum absolute atomic E-state index is 13.8. The number of ether oxygens (including phenoxy) is 2. The summed E-state index contributed by atoms with van der Waals surface area (Å²) in [7, 11) is 0. The molecule has 0 bridgehead atoms. The topological polar surface area (TPSA) is 55.8 Å². The van der Waals surface area contributed by atoms with E-state index in [-0.39, 0.29) is 29.4 Å². The van der Waals surface area contributed by atoms with E-state index < -0.39 is 0 Å². The monoisotopic (exact) mass is 455 g/mol. The minimum Gasteiger partial charge on any atom is -0.414 e. The van der Waals surface area contributed by atoms with Crippen LogP contribution in [0, 0.1) is 12.3 Å². The fourth-order valence-electron chi connectivity index (χ4n) is 5.60. The predicted molar refractivity (Wildman–Crippen MR) is 132 cm³/mol. The van der Waals surface area contributed by atoms with Crippen molar-refractivity contribution in [1.29, 1.82) is 0 Å². The molecule has 5 heteroatoms. The smallest absolute Gasteiger partial charge is 0.414 e. The molecule has 0 unspecified atom stereocenters. The molecule has 0 atom stereocenters. The lowest BCUT2D eigenvalue weighted by atomic mass is 9.67. The molecule has 1 heterocycles. The first-order valence-corrected chi connectivity index (χ1v) is 12.6. The van der Waals surface area contributed by atoms with Crippen molar-refractivity contribution in [1.82, 2.24) is 4.90 Å². The Bertz CT molecular complexity index is 889. The van der Waals surface area contributed by atoms with Crippen LogP contribution in [0.4, 0.5) is 4.79 Å². The highest BCUT2D eigenvalue weighted by Crippen LogP contribution is 2.48. The predicted octanol–water partition coefficient (Wildman–Crippen LogP) is 6.25. The van der Waals surface area contributed by atoms with Crippen molar-refractivity contribution >= 4 is 17.4 Å². The third-order valence-corrected chi connectivity index (χ3v) is 7.17. The molecule has 3 rings (SSSR count).